The molecule has 10 nitrogen and oxygen atoms in total. The average Bonchev–Trinajstić information content (AvgIpc) is 3.51. The minimum absolute atomic E-state index is 0.0404. The molecule has 13 heteroatoms. The summed E-state index contributed by atoms with van der Waals surface area (Å²) in [4.78, 5) is 31.1. The fourth-order valence-electron chi connectivity index (χ4n) is 5.04. The van der Waals surface area contributed by atoms with E-state index in [1.54, 1.807) is 6.07 Å². The Morgan fingerprint density at radius 1 is 1.03 bits per heavy atom. The minimum Gasteiger partial charge on any atom is -0.349 e. The molecular formula is C26H29FN8O2S2. The van der Waals surface area contributed by atoms with Crippen molar-refractivity contribution in [1.29, 1.82) is 0 Å². The van der Waals surface area contributed by atoms with E-state index in [1.165, 1.54) is 28.7 Å². The van der Waals surface area contributed by atoms with Crippen molar-refractivity contribution in [1.82, 2.24) is 25.4 Å². The molecule has 2 N–H and O–H groups in total. The molecule has 0 bridgehead atoms. The Hall–Kier alpha value is -3.32. The van der Waals surface area contributed by atoms with E-state index in [9.17, 15) is 14.0 Å². The normalized spacial score (nSPS) is 22.1. The molecule has 3 aromatic rings. The van der Waals surface area contributed by atoms with Gasteiger partial charge in [-0.05, 0) is 44.2 Å². The SMILES string of the molecule is C=CC1(F)CN(c2cccc(CC(=O)Nc3nnc([C@H]4CCC[C@H](c5nnc(NC(=O)C6CC6)s5)C4)s3)n2)C1. The summed E-state index contributed by atoms with van der Waals surface area (Å²) in [5.74, 6) is 1.08. The molecule has 2 atom stereocenters. The second-order valence-electron chi connectivity index (χ2n) is 10.5. The van der Waals surface area contributed by atoms with Gasteiger partial charge >= 0.3 is 0 Å². The number of anilines is 3. The van der Waals surface area contributed by atoms with E-state index in [0.717, 1.165) is 48.5 Å². The predicted octanol–water partition coefficient (Wildman–Crippen LogP) is 4.47. The van der Waals surface area contributed by atoms with E-state index in [2.05, 4.69) is 42.6 Å². The molecule has 0 radical (unpaired) electrons. The number of halogens is 1. The lowest BCUT2D eigenvalue weighted by Crippen LogP contribution is -2.58. The number of pyridine rings is 1. The first kappa shape index (κ1) is 25.9. The zero-order chi connectivity index (χ0) is 27.0. The quantitative estimate of drug-likeness (QED) is 0.362. The number of carbonyl (C=O) groups is 2. The maximum Gasteiger partial charge on any atom is 0.232 e. The zero-order valence-corrected chi connectivity index (χ0v) is 22.9. The van der Waals surface area contributed by atoms with Crippen LogP contribution in [0.2, 0.25) is 0 Å². The van der Waals surface area contributed by atoms with Crippen molar-refractivity contribution >= 4 is 50.6 Å². The van der Waals surface area contributed by atoms with E-state index >= 15 is 0 Å². The van der Waals surface area contributed by atoms with Gasteiger partial charge in [0.15, 0.2) is 5.67 Å². The van der Waals surface area contributed by atoms with Crippen LogP contribution in [0.4, 0.5) is 20.5 Å². The van der Waals surface area contributed by atoms with Crippen LogP contribution in [0.3, 0.4) is 0 Å². The standard InChI is InChI=1S/C26H29FN8O2S2/c1-2-26(27)13-35(14-26)19-8-4-7-18(28-19)12-20(36)29-24-33-31-22(38-24)16-5-3-6-17(11-16)23-32-34-25(39-23)30-21(37)15-9-10-15/h2,4,7-8,15-17H,1,3,5-6,9-14H2,(H,29,33,36)(H,30,34,37)/t16-,17-/m0/s1. The van der Waals surface area contributed by atoms with Crippen LogP contribution in [0.15, 0.2) is 30.9 Å². The molecule has 204 valence electrons. The van der Waals surface area contributed by atoms with E-state index in [0.29, 0.717) is 21.8 Å². The smallest absolute Gasteiger partial charge is 0.232 e. The number of carbonyl (C=O) groups excluding carboxylic acids is 2. The van der Waals surface area contributed by atoms with Gasteiger partial charge in [0, 0.05) is 17.8 Å². The highest BCUT2D eigenvalue weighted by Gasteiger charge is 2.41. The number of hydrogen-bond donors (Lipinski definition) is 2. The van der Waals surface area contributed by atoms with Crippen LogP contribution in [0.1, 0.15) is 66.1 Å². The van der Waals surface area contributed by atoms with Crippen LogP contribution in [0.5, 0.6) is 0 Å². The number of hydrogen-bond acceptors (Lipinski definition) is 10. The van der Waals surface area contributed by atoms with Crippen molar-refractivity contribution in [3.05, 3.63) is 46.6 Å². The molecule has 4 heterocycles. The summed E-state index contributed by atoms with van der Waals surface area (Å²) >= 11 is 2.86. The van der Waals surface area contributed by atoms with E-state index in [4.69, 9.17) is 0 Å². The van der Waals surface area contributed by atoms with Gasteiger partial charge in [-0.3, -0.25) is 9.59 Å². The second kappa shape index (κ2) is 10.7. The van der Waals surface area contributed by atoms with Gasteiger partial charge in [0.25, 0.3) is 0 Å². The molecule has 0 unspecified atom stereocenters. The number of nitrogens with one attached hydrogen (secondary N) is 2. The maximum absolute atomic E-state index is 14.2. The summed E-state index contributed by atoms with van der Waals surface area (Å²) in [5.41, 5.74) is -0.777. The molecule has 3 aliphatic rings. The van der Waals surface area contributed by atoms with Gasteiger partial charge in [-0.15, -0.1) is 20.4 Å². The monoisotopic (exact) mass is 568 g/mol. The Bertz CT molecular complexity index is 1380. The second-order valence-corrected chi connectivity index (χ2v) is 12.5. The predicted molar refractivity (Wildman–Crippen MR) is 148 cm³/mol. The summed E-state index contributed by atoms with van der Waals surface area (Å²) < 4.78 is 14.2. The van der Waals surface area contributed by atoms with Crippen molar-refractivity contribution in [2.24, 2.45) is 5.92 Å². The summed E-state index contributed by atoms with van der Waals surface area (Å²) in [6.07, 6.45) is 7.26. The minimum atomic E-state index is -1.38. The number of aromatic nitrogens is 5. The number of nitrogens with zero attached hydrogens (tertiary/aromatic N) is 6. The molecule has 0 spiro atoms. The van der Waals surface area contributed by atoms with Crippen molar-refractivity contribution in [2.75, 3.05) is 28.6 Å². The molecule has 2 saturated carbocycles. The molecule has 2 amide bonds. The highest BCUT2D eigenvalue weighted by Crippen LogP contribution is 2.43. The molecule has 1 aliphatic heterocycles. The third-order valence-corrected chi connectivity index (χ3v) is 9.41. The molecular weight excluding hydrogens is 539 g/mol. The van der Waals surface area contributed by atoms with Crippen molar-refractivity contribution < 1.29 is 14.0 Å². The van der Waals surface area contributed by atoms with Gasteiger partial charge in [-0.1, -0.05) is 47.8 Å². The van der Waals surface area contributed by atoms with Crippen molar-refractivity contribution in [3.8, 4) is 0 Å². The summed E-state index contributed by atoms with van der Waals surface area (Å²) in [7, 11) is 0. The molecule has 0 aromatic carbocycles. The summed E-state index contributed by atoms with van der Waals surface area (Å²) in [6.45, 7) is 3.97. The molecule has 39 heavy (non-hydrogen) atoms. The Labute approximate surface area is 233 Å². The molecule has 3 fully saturated rings. The molecule has 3 aromatic heterocycles. The molecule has 2 aliphatic carbocycles. The molecule has 6 rings (SSSR count). The van der Waals surface area contributed by atoms with E-state index in [-0.39, 0.29) is 49.1 Å². The Morgan fingerprint density at radius 3 is 2.33 bits per heavy atom. The lowest BCUT2D eigenvalue weighted by Gasteiger charge is -2.43. The van der Waals surface area contributed by atoms with Gasteiger partial charge in [0.1, 0.15) is 15.8 Å². The molecule has 1 saturated heterocycles. The summed E-state index contributed by atoms with van der Waals surface area (Å²) in [5, 5.41) is 25.7. The lowest BCUT2D eigenvalue weighted by molar-refractivity contribution is -0.117. The topological polar surface area (TPSA) is 126 Å². The fraction of sp³-hybridized carbons (Fsp3) is 0.500. The van der Waals surface area contributed by atoms with Crippen LogP contribution in [0, 0.1) is 5.92 Å². The van der Waals surface area contributed by atoms with Gasteiger partial charge in [0.2, 0.25) is 22.1 Å². The van der Waals surface area contributed by atoms with Gasteiger partial charge in [-0.2, -0.15) is 0 Å². The van der Waals surface area contributed by atoms with Gasteiger partial charge < -0.3 is 15.5 Å². The number of amides is 2. The third kappa shape index (κ3) is 5.98. The Balaban J connectivity index is 1.02. The summed E-state index contributed by atoms with van der Waals surface area (Å²) in [6, 6.07) is 5.41. The lowest BCUT2D eigenvalue weighted by atomic mass is 9.82. The van der Waals surface area contributed by atoms with Crippen molar-refractivity contribution in [3.63, 3.8) is 0 Å². The van der Waals surface area contributed by atoms with Crippen LogP contribution in [-0.4, -0.2) is 56.0 Å². The maximum atomic E-state index is 14.2. The highest BCUT2D eigenvalue weighted by molar-refractivity contribution is 7.15. The van der Waals surface area contributed by atoms with Gasteiger partial charge in [0.05, 0.1) is 25.2 Å². The average molecular weight is 569 g/mol. The first-order valence-corrected chi connectivity index (χ1v) is 14.8. The van der Waals surface area contributed by atoms with Gasteiger partial charge in [-0.25, -0.2) is 9.37 Å². The highest BCUT2D eigenvalue weighted by atomic mass is 32.1. The Morgan fingerprint density at radius 2 is 1.69 bits per heavy atom. The zero-order valence-electron chi connectivity index (χ0n) is 21.3. The van der Waals surface area contributed by atoms with Crippen LogP contribution >= 0.6 is 22.7 Å². The number of rotatable bonds is 9. The Kier molecular flexibility index (Phi) is 7.10. The van der Waals surface area contributed by atoms with Crippen LogP contribution in [0.25, 0.3) is 0 Å². The first-order chi connectivity index (χ1) is 18.9. The largest absolute Gasteiger partial charge is 0.349 e. The fourth-order valence-corrected chi connectivity index (χ4v) is 6.84. The van der Waals surface area contributed by atoms with Crippen LogP contribution < -0.4 is 15.5 Å². The third-order valence-electron chi connectivity index (χ3n) is 7.41. The number of alkyl halides is 1. The van der Waals surface area contributed by atoms with Crippen LogP contribution in [-0.2, 0) is 16.0 Å². The van der Waals surface area contributed by atoms with E-state index < -0.39 is 5.67 Å². The first-order valence-electron chi connectivity index (χ1n) is 13.2. The van der Waals surface area contributed by atoms with E-state index in [1.807, 2.05) is 17.0 Å². The van der Waals surface area contributed by atoms with Crippen molar-refractivity contribution in [2.45, 2.75) is 62.5 Å².